The van der Waals surface area contributed by atoms with Crippen molar-refractivity contribution < 1.29 is 4.74 Å². The standard InChI is InChI=1S/C7H16N2O/c1-6-5-9(7(2)8)3-4-10-6/h6-7H,3-5,8H2,1-2H3/t6-,7-/m1/s1. The molecule has 0 aromatic rings. The van der Waals surface area contributed by atoms with E-state index in [9.17, 15) is 0 Å². The van der Waals surface area contributed by atoms with Gasteiger partial charge in [0.05, 0.1) is 18.9 Å². The molecule has 0 aliphatic carbocycles. The molecule has 1 rings (SSSR count). The molecule has 0 bridgehead atoms. The van der Waals surface area contributed by atoms with Crippen molar-refractivity contribution >= 4 is 0 Å². The summed E-state index contributed by atoms with van der Waals surface area (Å²) >= 11 is 0. The molecule has 3 heteroatoms. The van der Waals surface area contributed by atoms with Gasteiger partial charge in [-0.1, -0.05) is 0 Å². The molecule has 0 unspecified atom stereocenters. The lowest BCUT2D eigenvalue weighted by atomic mass is 10.3. The smallest absolute Gasteiger partial charge is 0.0675 e. The van der Waals surface area contributed by atoms with Crippen LogP contribution in [-0.2, 0) is 4.74 Å². The van der Waals surface area contributed by atoms with Crippen LogP contribution in [0.5, 0.6) is 0 Å². The number of rotatable bonds is 1. The number of morpholine rings is 1. The van der Waals surface area contributed by atoms with Gasteiger partial charge < -0.3 is 10.5 Å². The number of nitrogens with zero attached hydrogens (tertiary/aromatic N) is 1. The third-order valence-electron chi connectivity index (χ3n) is 1.85. The minimum absolute atomic E-state index is 0.173. The third-order valence-corrected chi connectivity index (χ3v) is 1.85. The van der Waals surface area contributed by atoms with Crippen LogP contribution >= 0.6 is 0 Å². The molecule has 0 amide bonds. The van der Waals surface area contributed by atoms with Crippen LogP contribution in [-0.4, -0.2) is 36.9 Å². The van der Waals surface area contributed by atoms with E-state index in [0.717, 1.165) is 19.7 Å². The molecule has 60 valence electrons. The van der Waals surface area contributed by atoms with E-state index in [2.05, 4.69) is 11.8 Å². The highest BCUT2D eigenvalue weighted by molar-refractivity contribution is 4.69. The van der Waals surface area contributed by atoms with Crippen LogP contribution in [0.1, 0.15) is 13.8 Å². The van der Waals surface area contributed by atoms with Gasteiger partial charge in [0.15, 0.2) is 0 Å². The Balaban J connectivity index is 2.32. The predicted molar refractivity (Wildman–Crippen MR) is 40.6 cm³/mol. The fraction of sp³-hybridized carbons (Fsp3) is 1.00. The lowest BCUT2D eigenvalue weighted by Gasteiger charge is -2.33. The Kier molecular flexibility index (Phi) is 2.65. The highest BCUT2D eigenvalue weighted by Crippen LogP contribution is 2.04. The van der Waals surface area contributed by atoms with Gasteiger partial charge in [-0.15, -0.1) is 0 Å². The lowest BCUT2D eigenvalue weighted by molar-refractivity contribution is -0.0305. The van der Waals surface area contributed by atoms with Gasteiger partial charge in [-0.05, 0) is 13.8 Å². The largest absolute Gasteiger partial charge is 0.376 e. The van der Waals surface area contributed by atoms with E-state index in [4.69, 9.17) is 10.5 Å². The van der Waals surface area contributed by atoms with Gasteiger partial charge in [0.25, 0.3) is 0 Å². The summed E-state index contributed by atoms with van der Waals surface area (Å²) in [6, 6.07) is 0. The van der Waals surface area contributed by atoms with Gasteiger partial charge in [0, 0.05) is 13.1 Å². The molecule has 1 aliphatic heterocycles. The van der Waals surface area contributed by atoms with Crippen LogP contribution in [0.2, 0.25) is 0 Å². The second kappa shape index (κ2) is 3.32. The first-order valence-corrected chi connectivity index (χ1v) is 3.81. The quantitative estimate of drug-likeness (QED) is 0.563. The van der Waals surface area contributed by atoms with E-state index in [-0.39, 0.29) is 6.17 Å². The fourth-order valence-electron chi connectivity index (χ4n) is 1.22. The molecule has 2 N–H and O–H groups in total. The van der Waals surface area contributed by atoms with Crippen LogP contribution in [0.4, 0.5) is 0 Å². The van der Waals surface area contributed by atoms with Crippen molar-refractivity contribution in [2.75, 3.05) is 19.7 Å². The van der Waals surface area contributed by atoms with Gasteiger partial charge in [0.2, 0.25) is 0 Å². The highest BCUT2D eigenvalue weighted by Gasteiger charge is 2.18. The molecule has 1 aliphatic rings. The minimum Gasteiger partial charge on any atom is -0.376 e. The van der Waals surface area contributed by atoms with Crippen LogP contribution < -0.4 is 5.73 Å². The minimum atomic E-state index is 0.173. The van der Waals surface area contributed by atoms with Crippen LogP contribution in [0.15, 0.2) is 0 Å². The Bertz CT molecular complexity index is 106. The Hall–Kier alpha value is -0.120. The van der Waals surface area contributed by atoms with Crippen molar-refractivity contribution in [3.8, 4) is 0 Å². The maximum absolute atomic E-state index is 5.70. The van der Waals surface area contributed by atoms with E-state index in [0.29, 0.717) is 6.10 Å². The van der Waals surface area contributed by atoms with Crippen molar-refractivity contribution in [1.82, 2.24) is 4.90 Å². The van der Waals surface area contributed by atoms with Gasteiger partial charge in [-0.2, -0.15) is 0 Å². The predicted octanol–water partition coefficient (Wildman–Crippen LogP) is 0.0118. The summed E-state index contributed by atoms with van der Waals surface area (Å²) in [5.74, 6) is 0. The molecule has 1 fully saturated rings. The Morgan fingerprint density at radius 1 is 1.70 bits per heavy atom. The molecule has 3 nitrogen and oxygen atoms in total. The Labute approximate surface area is 62.1 Å². The second-order valence-corrected chi connectivity index (χ2v) is 2.92. The summed E-state index contributed by atoms with van der Waals surface area (Å²) in [7, 11) is 0. The maximum Gasteiger partial charge on any atom is 0.0675 e. The third kappa shape index (κ3) is 1.94. The summed E-state index contributed by atoms with van der Waals surface area (Å²) in [5, 5.41) is 0. The average Bonchev–Trinajstić information content (AvgIpc) is 1.88. The molecular weight excluding hydrogens is 128 g/mol. The van der Waals surface area contributed by atoms with Crippen LogP contribution in [0, 0.1) is 0 Å². The first-order chi connectivity index (χ1) is 4.70. The zero-order valence-corrected chi connectivity index (χ0v) is 6.71. The lowest BCUT2D eigenvalue weighted by Crippen LogP contribution is -2.49. The SMILES string of the molecule is C[C@@H]1CN([C@H](C)N)CCO1. The molecule has 0 aromatic heterocycles. The highest BCUT2D eigenvalue weighted by atomic mass is 16.5. The van der Waals surface area contributed by atoms with Crippen molar-refractivity contribution in [3.63, 3.8) is 0 Å². The summed E-state index contributed by atoms with van der Waals surface area (Å²) < 4.78 is 5.36. The monoisotopic (exact) mass is 144 g/mol. The molecule has 0 radical (unpaired) electrons. The average molecular weight is 144 g/mol. The topological polar surface area (TPSA) is 38.5 Å². The van der Waals surface area contributed by atoms with Crippen molar-refractivity contribution in [2.24, 2.45) is 5.73 Å². The van der Waals surface area contributed by atoms with Crippen LogP contribution in [0.25, 0.3) is 0 Å². The first-order valence-electron chi connectivity index (χ1n) is 3.81. The molecule has 10 heavy (non-hydrogen) atoms. The van der Waals surface area contributed by atoms with Gasteiger partial charge >= 0.3 is 0 Å². The van der Waals surface area contributed by atoms with Crippen molar-refractivity contribution in [1.29, 1.82) is 0 Å². The molecule has 2 atom stereocenters. The maximum atomic E-state index is 5.70. The molecule has 0 saturated carbocycles. The summed E-state index contributed by atoms with van der Waals surface area (Å²) in [4.78, 5) is 2.23. The van der Waals surface area contributed by atoms with Crippen molar-refractivity contribution in [3.05, 3.63) is 0 Å². The molecule has 1 saturated heterocycles. The van der Waals surface area contributed by atoms with Gasteiger partial charge in [0.1, 0.15) is 0 Å². The van der Waals surface area contributed by atoms with E-state index in [1.54, 1.807) is 0 Å². The van der Waals surface area contributed by atoms with E-state index < -0.39 is 0 Å². The van der Waals surface area contributed by atoms with Gasteiger partial charge in [-0.3, -0.25) is 4.90 Å². The molecule has 0 spiro atoms. The zero-order valence-electron chi connectivity index (χ0n) is 6.71. The van der Waals surface area contributed by atoms with Gasteiger partial charge in [-0.25, -0.2) is 0 Å². The summed E-state index contributed by atoms with van der Waals surface area (Å²) in [6.07, 6.45) is 0.520. The molecule has 0 aromatic carbocycles. The normalized spacial score (nSPS) is 32.1. The number of nitrogens with two attached hydrogens (primary N) is 1. The van der Waals surface area contributed by atoms with E-state index in [1.807, 2.05) is 6.92 Å². The Morgan fingerprint density at radius 3 is 2.80 bits per heavy atom. The second-order valence-electron chi connectivity index (χ2n) is 2.92. The Morgan fingerprint density at radius 2 is 2.40 bits per heavy atom. The zero-order chi connectivity index (χ0) is 7.56. The summed E-state index contributed by atoms with van der Waals surface area (Å²) in [5.41, 5.74) is 5.70. The molecule has 1 heterocycles. The van der Waals surface area contributed by atoms with E-state index >= 15 is 0 Å². The first kappa shape index (κ1) is 7.98. The molecular formula is C7H16N2O. The summed E-state index contributed by atoms with van der Waals surface area (Å²) in [6.45, 7) is 6.86. The van der Waals surface area contributed by atoms with E-state index in [1.165, 1.54) is 0 Å². The number of hydrogen-bond donors (Lipinski definition) is 1. The fourth-order valence-corrected chi connectivity index (χ4v) is 1.22. The van der Waals surface area contributed by atoms with Crippen molar-refractivity contribution in [2.45, 2.75) is 26.1 Å². The number of ether oxygens (including phenoxy) is 1. The number of hydrogen-bond acceptors (Lipinski definition) is 3. The van der Waals surface area contributed by atoms with Crippen LogP contribution in [0.3, 0.4) is 0 Å².